The third-order valence-corrected chi connectivity index (χ3v) is 3.67. The van der Waals surface area contributed by atoms with Gasteiger partial charge < -0.3 is 9.64 Å². The summed E-state index contributed by atoms with van der Waals surface area (Å²) >= 11 is 0. The van der Waals surface area contributed by atoms with Gasteiger partial charge in [-0.1, -0.05) is 31.2 Å². The van der Waals surface area contributed by atoms with E-state index in [1.165, 1.54) is 5.56 Å². The molecule has 0 saturated carbocycles. The second-order valence-corrected chi connectivity index (χ2v) is 5.02. The van der Waals surface area contributed by atoms with E-state index < -0.39 is 0 Å². The van der Waals surface area contributed by atoms with E-state index in [0.717, 1.165) is 31.6 Å². The van der Waals surface area contributed by atoms with Crippen LogP contribution in [0.15, 0.2) is 24.3 Å². The number of carbonyl (C=O) groups excluding carboxylic acids is 1. The molecule has 1 aliphatic rings. The highest BCUT2D eigenvalue weighted by Gasteiger charge is 2.30. The van der Waals surface area contributed by atoms with Crippen LogP contribution >= 0.6 is 0 Å². The minimum Gasteiger partial charge on any atom is -0.382 e. The van der Waals surface area contributed by atoms with Gasteiger partial charge in [0.2, 0.25) is 5.91 Å². The van der Waals surface area contributed by atoms with Gasteiger partial charge in [0.05, 0.1) is 6.54 Å². The second kappa shape index (κ2) is 7.41. The van der Waals surface area contributed by atoms with Gasteiger partial charge in [0.1, 0.15) is 6.17 Å². The van der Waals surface area contributed by atoms with E-state index in [4.69, 9.17) is 4.74 Å². The van der Waals surface area contributed by atoms with Gasteiger partial charge in [-0.25, -0.2) is 0 Å². The van der Waals surface area contributed by atoms with E-state index in [1.54, 1.807) is 0 Å². The summed E-state index contributed by atoms with van der Waals surface area (Å²) in [6.07, 6.45) is 1.93. The molecule has 1 aromatic carbocycles. The molecule has 1 N–H and O–H groups in total. The van der Waals surface area contributed by atoms with Crippen molar-refractivity contribution in [2.24, 2.45) is 0 Å². The maximum Gasteiger partial charge on any atom is 0.238 e. The number of carbonyl (C=O) groups is 1. The largest absolute Gasteiger partial charge is 0.382 e. The van der Waals surface area contributed by atoms with Crippen LogP contribution in [0.5, 0.6) is 0 Å². The van der Waals surface area contributed by atoms with Gasteiger partial charge in [-0.2, -0.15) is 0 Å². The smallest absolute Gasteiger partial charge is 0.238 e. The van der Waals surface area contributed by atoms with Gasteiger partial charge in [0.15, 0.2) is 0 Å². The van der Waals surface area contributed by atoms with E-state index >= 15 is 0 Å². The molecule has 1 fully saturated rings. The number of hydrogen-bond acceptors (Lipinski definition) is 3. The Balaban J connectivity index is 1.99. The third kappa shape index (κ3) is 3.58. The van der Waals surface area contributed by atoms with Crippen molar-refractivity contribution in [3.8, 4) is 0 Å². The van der Waals surface area contributed by atoms with Crippen molar-refractivity contribution in [3.63, 3.8) is 0 Å². The van der Waals surface area contributed by atoms with Gasteiger partial charge in [0, 0.05) is 19.8 Å². The normalized spacial score (nSPS) is 18.8. The predicted molar refractivity (Wildman–Crippen MR) is 79.4 cm³/mol. The van der Waals surface area contributed by atoms with Crippen LogP contribution in [0.2, 0.25) is 0 Å². The fourth-order valence-corrected chi connectivity index (χ4v) is 2.51. The van der Waals surface area contributed by atoms with Crippen molar-refractivity contribution in [1.82, 2.24) is 10.2 Å². The summed E-state index contributed by atoms with van der Waals surface area (Å²) in [5.41, 5.74) is 2.48. The van der Waals surface area contributed by atoms with Crippen LogP contribution in [-0.2, 0) is 16.0 Å². The van der Waals surface area contributed by atoms with Crippen molar-refractivity contribution in [2.75, 3.05) is 26.3 Å². The molecule has 1 atom stereocenters. The summed E-state index contributed by atoms with van der Waals surface area (Å²) < 4.78 is 5.34. The van der Waals surface area contributed by atoms with E-state index in [9.17, 15) is 4.79 Å². The van der Waals surface area contributed by atoms with Crippen LogP contribution in [-0.4, -0.2) is 37.1 Å². The van der Waals surface area contributed by atoms with Crippen molar-refractivity contribution in [1.29, 1.82) is 0 Å². The SMILES string of the molecule is CCOCCCN1C(=O)CNC1c1ccc(CC)cc1. The Bertz CT molecular complexity index is 431. The molecule has 1 amide bonds. The Kier molecular flexibility index (Phi) is 5.56. The summed E-state index contributed by atoms with van der Waals surface area (Å²) in [5.74, 6) is 0.172. The number of amides is 1. The number of benzene rings is 1. The van der Waals surface area contributed by atoms with Gasteiger partial charge in [-0.15, -0.1) is 0 Å². The van der Waals surface area contributed by atoms with Gasteiger partial charge in [0.25, 0.3) is 0 Å². The first-order valence-corrected chi connectivity index (χ1v) is 7.45. The topological polar surface area (TPSA) is 41.6 Å². The molecule has 0 radical (unpaired) electrons. The first kappa shape index (κ1) is 15.0. The summed E-state index contributed by atoms with van der Waals surface area (Å²) in [5, 5.41) is 3.29. The molecule has 20 heavy (non-hydrogen) atoms. The van der Waals surface area contributed by atoms with Gasteiger partial charge in [-0.05, 0) is 30.9 Å². The number of nitrogens with one attached hydrogen (secondary N) is 1. The minimum atomic E-state index is 0.00929. The Morgan fingerprint density at radius 3 is 2.70 bits per heavy atom. The summed E-state index contributed by atoms with van der Waals surface area (Å²) in [4.78, 5) is 13.9. The van der Waals surface area contributed by atoms with Crippen LogP contribution < -0.4 is 5.32 Å². The monoisotopic (exact) mass is 276 g/mol. The lowest BCUT2D eigenvalue weighted by molar-refractivity contribution is -0.128. The fourth-order valence-electron chi connectivity index (χ4n) is 2.51. The lowest BCUT2D eigenvalue weighted by Crippen LogP contribution is -2.31. The number of ether oxygens (including phenoxy) is 1. The van der Waals surface area contributed by atoms with Crippen LogP contribution in [0.1, 0.15) is 37.6 Å². The maximum atomic E-state index is 12.0. The molecule has 4 nitrogen and oxygen atoms in total. The molecule has 1 aromatic rings. The predicted octanol–water partition coefficient (Wildman–Crippen LogP) is 2.11. The van der Waals surface area contributed by atoms with Gasteiger partial charge >= 0.3 is 0 Å². The third-order valence-electron chi connectivity index (χ3n) is 3.67. The van der Waals surface area contributed by atoms with Crippen molar-refractivity contribution < 1.29 is 9.53 Å². The molecule has 0 aromatic heterocycles. The Labute approximate surface area is 121 Å². The highest BCUT2D eigenvalue weighted by Crippen LogP contribution is 2.23. The number of nitrogens with zero attached hydrogens (tertiary/aromatic N) is 1. The fraction of sp³-hybridized carbons (Fsp3) is 0.562. The Morgan fingerprint density at radius 2 is 2.05 bits per heavy atom. The van der Waals surface area contributed by atoms with Crippen LogP contribution in [0.3, 0.4) is 0 Å². The van der Waals surface area contributed by atoms with E-state index in [0.29, 0.717) is 13.2 Å². The van der Waals surface area contributed by atoms with Crippen LogP contribution in [0, 0.1) is 0 Å². The molecule has 1 unspecified atom stereocenters. The first-order chi connectivity index (χ1) is 9.76. The molecule has 1 heterocycles. The zero-order valence-electron chi connectivity index (χ0n) is 12.4. The zero-order chi connectivity index (χ0) is 14.4. The molecule has 1 saturated heterocycles. The van der Waals surface area contributed by atoms with E-state index in [2.05, 4.69) is 36.5 Å². The zero-order valence-corrected chi connectivity index (χ0v) is 12.4. The summed E-state index contributed by atoms with van der Waals surface area (Å²) in [6, 6.07) is 8.51. The number of aryl methyl sites for hydroxylation is 1. The Morgan fingerprint density at radius 1 is 1.30 bits per heavy atom. The first-order valence-electron chi connectivity index (χ1n) is 7.45. The average molecular weight is 276 g/mol. The van der Waals surface area contributed by atoms with Crippen LogP contribution in [0.25, 0.3) is 0 Å². The van der Waals surface area contributed by atoms with Crippen LogP contribution in [0.4, 0.5) is 0 Å². The maximum absolute atomic E-state index is 12.0. The molecular weight excluding hydrogens is 252 g/mol. The second-order valence-electron chi connectivity index (χ2n) is 5.02. The standard InChI is InChI=1S/C16H24N2O2/c1-3-13-6-8-14(9-7-13)16-17-12-15(19)18(16)10-5-11-20-4-2/h6-9,16-17H,3-5,10-12H2,1-2H3. The number of rotatable bonds is 7. The molecule has 110 valence electrons. The molecule has 2 rings (SSSR count). The highest BCUT2D eigenvalue weighted by molar-refractivity contribution is 5.80. The molecule has 0 bridgehead atoms. The lowest BCUT2D eigenvalue weighted by Gasteiger charge is -2.24. The minimum absolute atomic E-state index is 0.00929. The molecule has 0 aliphatic carbocycles. The Hall–Kier alpha value is -1.39. The lowest BCUT2D eigenvalue weighted by atomic mass is 10.1. The van der Waals surface area contributed by atoms with E-state index in [-0.39, 0.29) is 12.1 Å². The summed E-state index contributed by atoms with van der Waals surface area (Å²) in [6.45, 7) is 6.74. The molecule has 1 aliphatic heterocycles. The van der Waals surface area contributed by atoms with Crippen molar-refractivity contribution in [3.05, 3.63) is 35.4 Å². The molecule has 4 heteroatoms. The van der Waals surface area contributed by atoms with Crippen molar-refractivity contribution in [2.45, 2.75) is 32.9 Å². The average Bonchev–Trinajstić information content (AvgIpc) is 2.85. The number of hydrogen-bond donors (Lipinski definition) is 1. The highest BCUT2D eigenvalue weighted by atomic mass is 16.5. The summed E-state index contributed by atoms with van der Waals surface area (Å²) in [7, 11) is 0. The van der Waals surface area contributed by atoms with E-state index in [1.807, 2.05) is 11.8 Å². The molecule has 0 spiro atoms. The van der Waals surface area contributed by atoms with Gasteiger partial charge in [-0.3, -0.25) is 10.1 Å². The quantitative estimate of drug-likeness (QED) is 0.776. The van der Waals surface area contributed by atoms with Crippen molar-refractivity contribution >= 4 is 5.91 Å². The molecular formula is C16H24N2O2.